The predicted octanol–water partition coefficient (Wildman–Crippen LogP) is 4.62. The highest BCUT2D eigenvalue weighted by Crippen LogP contribution is 2.28. The van der Waals surface area contributed by atoms with Gasteiger partial charge >= 0.3 is 0 Å². The van der Waals surface area contributed by atoms with Crippen molar-refractivity contribution in [2.75, 3.05) is 15.9 Å². The summed E-state index contributed by atoms with van der Waals surface area (Å²) in [4.78, 5) is 12.9. The maximum Gasteiger partial charge on any atom is 0.248 e. The van der Waals surface area contributed by atoms with Gasteiger partial charge in [-0.2, -0.15) is 0 Å². The van der Waals surface area contributed by atoms with Gasteiger partial charge in [-0.05, 0) is 69.2 Å². The lowest BCUT2D eigenvalue weighted by atomic mass is 10.1. The van der Waals surface area contributed by atoms with E-state index in [1.165, 1.54) is 0 Å². The lowest BCUT2D eigenvalue weighted by molar-refractivity contribution is -0.117. The molecule has 6 nitrogen and oxygen atoms in total. The number of amides is 1. The van der Waals surface area contributed by atoms with E-state index >= 15 is 0 Å². The summed E-state index contributed by atoms with van der Waals surface area (Å²) in [5.74, 6) is 0.268. The van der Waals surface area contributed by atoms with E-state index in [1.54, 1.807) is 49.4 Å². The van der Waals surface area contributed by atoms with Crippen LogP contribution in [0, 0.1) is 6.92 Å². The zero-order valence-corrected chi connectivity index (χ0v) is 18.8. The number of nitrogens with zero attached hydrogens (tertiary/aromatic N) is 1. The second-order valence-corrected chi connectivity index (χ2v) is 9.36. The Bertz CT molecular complexity index is 959. The topological polar surface area (TPSA) is 75.7 Å². The van der Waals surface area contributed by atoms with Crippen LogP contribution in [0.4, 0.5) is 11.4 Å². The molecule has 0 unspecified atom stereocenters. The molecule has 0 aliphatic rings. The van der Waals surface area contributed by atoms with Gasteiger partial charge in [-0.15, -0.1) is 0 Å². The molecule has 8 heteroatoms. The summed E-state index contributed by atoms with van der Waals surface area (Å²) in [5, 5.41) is 3.23. The van der Waals surface area contributed by atoms with E-state index in [1.807, 2.05) is 20.8 Å². The van der Waals surface area contributed by atoms with Crippen LogP contribution in [0.25, 0.3) is 0 Å². The fourth-order valence-corrected chi connectivity index (χ4v) is 4.27. The van der Waals surface area contributed by atoms with Crippen LogP contribution in [0.5, 0.6) is 5.75 Å². The van der Waals surface area contributed by atoms with E-state index < -0.39 is 22.0 Å². The first kappa shape index (κ1) is 23.0. The highest BCUT2D eigenvalue weighted by atomic mass is 35.5. The Balaban J connectivity index is 2.29. The Morgan fingerprint density at radius 1 is 1.17 bits per heavy atom. The number of benzene rings is 2. The molecule has 29 heavy (non-hydrogen) atoms. The first-order valence-electron chi connectivity index (χ1n) is 9.36. The number of aryl methyl sites for hydroxylation is 1. The third kappa shape index (κ3) is 6.11. The molecule has 0 spiro atoms. The molecule has 0 fully saturated rings. The summed E-state index contributed by atoms with van der Waals surface area (Å²) in [5.41, 5.74) is 1.73. The van der Waals surface area contributed by atoms with Gasteiger partial charge in [0.2, 0.25) is 15.9 Å². The molecule has 0 aliphatic heterocycles. The predicted molar refractivity (Wildman–Crippen MR) is 118 cm³/mol. The second kappa shape index (κ2) is 9.50. The number of sulfonamides is 1. The number of carbonyl (C=O) groups excluding carboxylic acids is 1. The molecule has 0 saturated heterocycles. The summed E-state index contributed by atoms with van der Waals surface area (Å²) in [6.45, 7) is 7.45. The van der Waals surface area contributed by atoms with Gasteiger partial charge in [-0.1, -0.05) is 24.6 Å². The maximum absolute atomic E-state index is 12.9. The van der Waals surface area contributed by atoms with Crippen LogP contribution in [-0.4, -0.2) is 32.7 Å². The van der Waals surface area contributed by atoms with Gasteiger partial charge in [0.05, 0.1) is 18.0 Å². The van der Waals surface area contributed by atoms with Crippen molar-refractivity contribution in [1.82, 2.24) is 0 Å². The Kier molecular flexibility index (Phi) is 7.54. The van der Waals surface area contributed by atoms with Crippen LogP contribution in [0.3, 0.4) is 0 Å². The Morgan fingerprint density at radius 2 is 1.79 bits per heavy atom. The molecular weight excluding hydrogens is 412 g/mol. The summed E-state index contributed by atoms with van der Waals surface area (Å²) < 4.78 is 31.7. The fourth-order valence-electron chi connectivity index (χ4n) is 2.89. The number of nitrogens with one attached hydrogen (secondary N) is 1. The molecule has 1 amide bonds. The summed E-state index contributed by atoms with van der Waals surface area (Å²) in [7, 11) is -3.72. The number of carbonyl (C=O) groups is 1. The van der Waals surface area contributed by atoms with Crippen molar-refractivity contribution in [3.63, 3.8) is 0 Å². The first-order chi connectivity index (χ1) is 13.5. The largest absolute Gasteiger partial charge is 0.491 e. The van der Waals surface area contributed by atoms with Crippen molar-refractivity contribution in [2.45, 2.75) is 46.3 Å². The Morgan fingerprint density at radius 3 is 2.28 bits per heavy atom. The van der Waals surface area contributed by atoms with Crippen LogP contribution >= 0.6 is 11.6 Å². The zero-order valence-electron chi connectivity index (χ0n) is 17.3. The molecule has 1 atom stereocenters. The van der Waals surface area contributed by atoms with Crippen molar-refractivity contribution in [3.8, 4) is 5.75 Å². The minimum absolute atomic E-state index is 0.0459. The fraction of sp³-hybridized carbons (Fsp3) is 0.381. The van der Waals surface area contributed by atoms with Crippen molar-refractivity contribution in [3.05, 3.63) is 53.1 Å². The average Bonchev–Trinajstić information content (AvgIpc) is 2.62. The molecule has 2 aromatic carbocycles. The van der Waals surface area contributed by atoms with Crippen molar-refractivity contribution >= 4 is 38.9 Å². The minimum Gasteiger partial charge on any atom is -0.491 e. The van der Waals surface area contributed by atoms with Crippen molar-refractivity contribution in [2.24, 2.45) is 0 Å². The number of hydrogen-bond acceptors (Lipinski definition) is 4. The van der Waals surface area contributed by atoms with Crippen LogP contribution in [-0.2, 0) is 14.8 Å². The van der Waals surface area contributed by atoms with Gasteiger partial charge in [0.25, 0.3) is 0 Å². The average molecular weight is 439 g/mol. The van der Waals surface area contributed by atoms with E-state index in [-0.39, 0.29) is 6.10 Å². The third-order valence-corrected chi connectivity index (χ3v) is 5.82. The summed E-state index contributed by atoms with van der Waals surface area (Å²) in [6.07, 6.45) is 1.41. The highest BCUT2D eigenvalue weighted by molar-refractivity contribution is 7.92. The lowest BCUT2D eigenvalue weighted by Crippen LogP contribution is -2.47. The molecule has 0 aliphatic carbocycles. The summed E-state index contributed by atoms with van der Waals surface area (Å²) in [6, 6.07) is 11.0. The number of ether oxygens (including phenoxy) is 1. The number of hydrogen-bond donors (Lipinski definition) is 1. The van der Waals surface area contributed by atoms with Gasteiger partial charge in [-0.25, -0.2) is 8.42 Å². The molecule has 0 heterocycles. The molecular formula is C21H27ClN2O4S. The molecule has 0 bridgehead atoms. The third-order valence-electron chi connectivity index (χ3n) is 4.23. The van der Waals surface area contributed by atoms with E-state index in [0.717, 1.165) is 16.1 Å². The van der Waals surface area contributed by atoms with Crippen LogP contribution in [0.2, 0.25) is 5.02 Å². The van der Waals surface area contributed by atoms with Gasteiger partial charge in [0.1, 0.15) is 11.8 Å². The SMILES string of the molecule is CC[C@@H](C(=O)Nc1ccc(OC(C)C)cc1)N(c1ccc(C)c(Cl)c1)S(C)(=O)=O. The van der Waals surface area contributed by atoms with Crippen LogP contribution in [0.15, 0.2) is 42.5 Å². The highest BCUT2D eigenvalue weighted by Gasteiger charge is 2.31. The molecule has 2 rings (SSSR count). The number of rotatable bonds is 8. The van der Waals surface area contributed by atoms with E-state index in [0.29, 0.717) is 28.6 Å². The summed E-state index contributed by atoms with van der Waals surface area (Å²) >= 11 is 6.18. The van der Waals surface area contributed by atoms with Crippen molar-refractivity contribution < 1.29 is 17.9 Å². The van der Waals surface area contributed by atoms with Gasteiger partial charge in [-0.3, -0.25) is 9.10 Å². The molecule has 0 aromatic heterocycles. The van der Waals surface area contributed by atoms with Crippen LogP contribution < -0.4 is 14.4 Å². The van der Waals surface area contributed by atoms with E-state index in [9.17, 15) is 13.2 Å². The van der Waals surface area contributed by atoms with E-state index in [4.69, 9.17) is 16.3 Å². The molecule has 0 saturated carbocycles. The minimum atomic E-state index is -3.72. The molecule has 1 N–H and O–H groups in total. The Labute approximate surface area is 177 Å². The van der Waals surface area contributed by atoms with Gasteiger partial charge < -0.3 is 10.1 Å². The molecule has 2 aromatic rings. The maximum atomic E-state index is 12.9. The zero-order chi connectivity index (χ0) is 21.8. The molecule has 158 valence electrons. The normalized spacial score (nSPS) is 12.5. The first-order valence-corrected chi connectivity index (χ1v) is 11.6. The van der Waals surface area contributed by atoms with E-state index in [2.05, 4.69) is 5.32 Å². The van der Waals surface area contributed by atoms with Crippen LogP contribution in [0.1, 0.15) is 32.8 Å². The monoisotopic (exact) mass is 438 g/mol. The quantitative estimate of drug-likeness (QED) is 0.652. The second-order valence-electron chi connectivity index (χ2n) is 7.10. The van der Waals surface area contributed by atoms with Gasteiger partial charge in [0, 0.05) is 10.7 Å². The van der Waals surface area contributed by atoms with Crippen molar-refractivity contribution in [1.29, 1.82) is 0 Å². The Hall–Kier alpha value is -2.25. The lowest BCUT2D eigenvalue weighted by Gasteiger charge is -2.30. The number of anilines is 2. The standard InChI is InChI=1S/C21H27ClN2O4S/c1-6-20(21(25)23-16-8-11-18(12-9-16)28-14(2)3)24(29(5,26)27)17-10-7-15(4)19(22)13-17/h7-14,20H,6H2,1-5H3,(H,23,25)/t20-/m0/s1. The number of halogens is 1. The smallest absolute Gasteiger partial charge is 0.248 e. The van der Waals surface area contributed by atoms with Gasteiger partial charge in [0.15, 0.2) is 0 Å². The molecule has 0 radical (unpaired) electrons.